The van der Waals surface area contributed by atoms with Crippen molar-refractivity contribution in [2.45, 2.75) is 152 Å². The molecule has 8 aromatic heterocycles. The summed E-state index contributed by atoms with van der Waals surface area (Å²) in [5, 5.41) is 7.37. The van der Waals surface area contributed by atoms with E-state index in [4.69, 9.17) is 63.1 Å². The summed E-state index contributed by atoms with van der Waals surface area (Å²) in [4.78, 5) is 15.1. The van der Waals surface area contributed by atoms with Crippen molar-refractivity contribution in [2.24, 2.45) is 34.1 Å². The Bertz CT molecular complexity index is 8650. The third kappa shape index (κ3) is 18.3. The van der Waals surface area contributed by atoms with Crippen molar-refractivity contribution in [1.29, 1.82) is 0 Å². The second-order valence-electron chi connectivity index (χ2n) is 34.4. The standard InChI is InChI=1S/C31H29N2O.2C30H27N2O.C28H23N2O.4CH4/c1-19(2)17-22-10-16-27(33(6)18-22)28-21(4)9-13-24-25-14-15-26(32-5)29(31(25)34-30(24)28)23-11-7-20(3)8-12-23;2*1-18(2)22-12-16-26(32(6)17-22)27-20(4)9-13-23-24-14-15-25(31-5)28(30(24)33-29(23)27)21-10-7-19(3)8-11-21;1-17-6-10-20(11-7-17)26-23(29-4)14-13-22-21-12-9-19(3)25(27(21)31-28(22)26)24-15-8-18(2)16-30(24)5;;;;/h7-16,18-19H,17H2,1-4,6H3;2*7-18H,1-4,6H3;6-16H,1-3,5H3;4*1H4/q4*+1;;;;/i10D,17D2;1D3,12D,18D;12D,18D;2D3,8D;;;;. The first-order valence-corrected chi connectivity index (χ1v) is 43.4. The molecular weight excluding hydrogens is 1650 g/mol. The van der Waals surface area contributed by atoms with Crippen LogP contribution in [0, 0.1) is 94.4 Å². The van der Waals surface area contributed by atoms with Crippen molar-refractivity contribution in [3.8, 4) is 89.5 Å². The third-order valence-electron chi connectivity index (χ3n) is 24.5. The third-order valence-corrected chi connectivity index (χ3v) is 24.5. The van der Waals surface area contributed by atoms with Gasteiger partial charge in [0, 0.05) is 126 Å². The maximum Gasteiger partial charge on any atom is 0.216 e. The molecule has 135 heavy (non-hydrogen) atoms. The van der Waals surface area contributed by atoms with Crippen LogP contribution in [0.15, 0.2) is 285 Å². The van der Waals surface area contributed by atoms with E-state index in [1.807, 2.05) is 287 Å². The van der Waals surface area contributed by atoms with Crippen LogP contribution in [0.3, 0.4) is 0 Å². The van der Waals surface area contributed by atoms with Crippen LogP contribution in [0.5, 0.6) is 0 Å². The minimum absolute atomic E-state index is 0. The fourth-order valence-corrected chi connectivity index (χ4v) is 17.7. The number of pyridine rings is 4. The van der Waals surface area contributed by atoms with Crippen LogP contribution >= 0.6 is 0 Å². The van der Waals surface area contributed by atoms with E-state index in [0.29, 0.717) is 90.4 Å². The normalized spacial score (nSPS) is 13.3. The molecule has 1 unspecified atom stereocenters. The Kier molecular flexibility index (Phi) is 23.4. The van der Waals surface area contributed by atoms with Gasteiger partial charge in [0.2, 0.25) is 22.8 Å². The number of aromatic nitrogens is 4. The fourth-order valence-electron chi connectivity index (χ4n) is 17.7. The van der Waals surface area contributed by atoms with Crippen molar-refractivity contribution in [3.05, 3.63) is 380 Å². The van der Waals surface area contributed by atoms with Crippen LogP contribution in [-0.2, 0) is 34.6 Å². The number of hydrogen-bond acceptors (Lipinski definition) is 4. The highest BCUT2D eigenvalue weighted by Crippen LogP contribution is 2.51. The van der Waals surface area contributed by atoms with Crippen LogP contribution in [0.25, 0.3) is 197 Å². The quantitative estimate of drug-likeness (QED) is 0.0901. The van der Waals surface area contributed by atoms with E-state index < -0.39 is 31.9 Å². The predicted octanol–water partition coefficient (Wildman–Crippen LogP) is 33.9. The van der Waals surface area contributed by atoms with E-state index in [9.17, 15) is 0 Å². The van der Waals surface area contributed by atoms with Crippen LogP contribution in [0.2, 0.25) is 0 Å². The molecule has 0 fully saturated rings. The van der Waals surface area contributed by atoms with E-state index in [1.165, 1.54) is 13.1 Å². The molecule has 1 atom stereocenters. The molecule has 12 heteroatoms. The van der Waals surface area contributed by atoms with Gasteiger partial charge in [0.05, 0.1) is 54.0 Å². The lowest BCUT2D eigenvalue weighted by molar-refractivity contribution is -0.661. The molecule has 0 radical (unpaired) electrons. The Morgan fingerprint density at radius 3 is 0.800 bits per heavy atom. The largest absolute Gasteiger partial charge is 0.456 e. The van der Waals surface area contributed by atoms with Crippen molar-refractivity contribution in [3.63, 3.8) is 0 Å². The molecule has 0 saturated carbocycles. The maximum absolute atomic E-state index is 8.69. The molecule has 0 spiro atoms. The van der Waals surface area contributed by atoms with Crippen LogP contribution < -0.4 is 18.3 Å². The Balaban J connectivity index is 0.000000164. The van der Waals surface area contributed by atoms with Gasteiger partial charge in [-0.15, -0.1) is 0 Å². The van der Waals surface area contributed by atoms with Gasteiger partial charge in [0.25, 0.3) is 0 Å². The Morgan fingerprint density at radius 1 is 0.296 bits per heavy atom. The number of furan rings is 4. The Hall–Kier alpha value is -15.6. The zero-order chi connectivity index (χ0) is 104. The second-order valence-corrected chi connectivity index (χ2v) is 34.4. The van der Waals surface area contributed by atoms with Crippen LogP contribution in [0.4, 0.5) is 22.7 Å². The lowest BCUT2D eigenvalue weighted by Crippen LogP contribution is -2.31. The molecule has 8 heterocycles. The predicted molar refractivity (Wildman–Crippen MR) is 564 cm³/mol. The fraction of sp³-hybridized carbons (Fsp3) is 0.220. The van der Waals surface area contributed by atoms with E-state index in [2.05, 4.69) is 31.5 Å². The molecule has 0 aliphatic heterocycles. The van der Waals surface area contributed by atoms with Gasteiger partial charge in [0.15, 0.2) is 47.5 Å². The molecule has 12 nitrogen and oxygen atoms in total. The summed E-state index contributed by atoms with van der Waals surface area (Å²) >= 11 is 0. The zero-order valence-corrected chi connectivity index (χ0v) is 76.4. The lowest BCUT2D eigenvalue weighted by Gasteiger charge is -2.08. The highest BCUT2D eigenvalue weighted by molar-refractivity contribution is 6.19. The van der Waals surface area contributed by atoms with Gasteiger partial charge in [-0.25, -0.2) is 37.6 Å². The summed E-state index contributed by atoms with van der Waals surface area (Å²) in [6.07, 6.45) is 5.05. The lowest BCUT2D eigenvalue weighted by atomic mass is 9.97. The van der Waals surface area contributed by atoms with E-state index in [1.54, 1.807) is 67.7 Å². The first kappa shape index (κ1) is 79.2. The molecule has 0 bridgehead atoms. The van der Waals surface area contributed by atoms with Crippen molar-refractivity contribution in [2.75, 3.05) is 0 Å². The molecule has 20 rings (SSSR count). The van der Waals surface area contributed by atoms with E-state index >= 15 is 0 Å². The summed E-state index contributed by atoms with van der Waals surface area (Å²) in [5.41, 5.74) is 30.1. The van der Waals surface area contributed by atoms with Gasteiger partial charge in [-0.1, -0.05) is 288 Å². The molecule has 12 aromatic carbocycles. The summed E-state index contributed by atoms with van der Waals surface area (Å²) in [5.74, 6) is -3.06. The summed E-state index contributed by atoms with van der Waals surface area (Å²) in [6, 6.07) is 70.8. The molecule has 0 aliphatic carbocycles. The highest BCUT2D eigenvalue weighted by atomic mass is 16.3. The molecule has 20 aromatic rings. The first-order valence-electron chi connectivity index (χ1n) is 50.4. The van der Waals surface area contributed by atoms with E-state index in [0.717, 1.165) is 171 Å². The zero-order valence-electron chi connectivity index (χ0n) is 90.4. The molecule has 0 amide bonds. The number of rotatable bonds is 12. The van der Waals surface area contributed by atoms with Crippen molar-refractivity contribution < 1.29 is 55.1 Å². The maximum atomic E-state index is 8.69. The van der Waals surface area contributed by atoms with Crippen LogP contribution in [0.1, 0.15) is 169 Å². The second kappa shape index (κ2) is 39.8. The molecule has 0 aliphatic rings. The molecule has 0 N–H and O–H groups in total. The number of hydrogen-bond donors (Lipinski definition) is 0. The minimum Gasteiger partial charge on any atom is -0.456 e. The topological polar surface area (TPSA) is 85.5 Å². The Morgan fingerprint density at radius 2 is 0.541 bits per heavy atom. The average Bonchev–Trinajstić information content (AvgIpc) is 1.58. The highest BCUT2D eigenvalue weighted by Gasteiger charge is 2.30. The SMILES string of the molecule is C.C.C.C.[2H]c1cc(-c2c(C)ccc3c2oc2c(-c4ccc(C)cc4)c([N+]#[C-])ccc23)[n+](C)cc1C([2H])(C)C.[2H]c1cc(-c2c(C)ccc3c2oc2c(-c4ccc(C)cc4)c([N+]#[C-])ccc23)[n+](C)cc1C([2H])(C)C([2H])([2H])[2H].[2H]c1cc(-c2c(C)ccc3c2oc2c(-c4ccc(C)cc4)c([N+]#[C-])ccc23)[n+](C)cc1C([2H])([2H])C(C)C.[2H]c1cc(-c2c(C)ccc3c2oc2c(-c4ccc(C)cc4)c([N+]#[C-])ccc23)[n+](C)cc1C([2H])([2H])[2H]. The molecule has 674 valence electrons. The van der Waals surface area contributed by atoms with Crippen molar-refractivity contribution in [1.82, 2.24) is 0 Å². The van der Waals surface area contributed by atoms with Gasteiger partial charge in [0.1, 0.15) is 72.9 Å². The number of nitrogens with zero attached hydrogens (tertiary/aromatic N) is 8. The molecular formula is C123H122N8O4+4. The van der Waals surface area contributed by atoms with Crippen molar-refractivity contribution >= 4 is 111 Å². The average molecular weight is 1790 g/mol. The van der Waals surface area contributed by atoms with Gasteiger partial charge in [-0.2, -0.15) is 0 Å². The summed E-state index contributed by atoms with van der Waals surface area (Å²) < 4.78 is 149. The number of fused-ring (bicyclic) bond motifs is 12. The number of aryl methyl sites for hydroxylation is 13. The van der Waals surface area contributed by atoms with Gasteiger partial charge >= 0.3 is 0 Å². The monoisotopic (exact) mass is 1790 g/mol. The number of benzene rings is 12. The smallest absolute Gasteiger partial charge is 0.216 e. The summed E-state index contributed by atoms with van der Waals surface area (Å²) in [6.45, 7) is 50.8. The first-order chi connectivity index (χ1) is 68.6. The summed E-state index contributed by atoms with van der Waals surface area (Å²) in [7, 11) is 7.38. The van der Waals surface area contributed by atoms with Gasteiger partial charge in [-0.3, -0.25) is 0 Å². The van der Waals surface area contributed by atoms with Crippen LogP contribution in [-0.4, -0.2) is 0 Å². The minimum atomic E-state index is -2.58. The Labute approximate surface area is 816 Å². The van der Waals surface area contributed by atoms with E-state index in [-0.39, 0.29) is 64.9 Å². The molecule has 0 saturated heterocycles. The van der Waals surface area contributed by atoms with Gasteiger partial charge < -0.3 is 17.7 Å². The van der Waals surface area contributed by atoms with Gasteiger partial charge in [-0.05, 0) is 155 Å².